The molecule has 11 heteroatoms. The fraction of sp³-hybridized carbons (Fsp3) is 0.429. The van der Waals surface area contributed by atoms with Gasteiger partial charge in [0.25, 0.3) is 5.91 Å². The minimum atomic E-state index is -1.31. The number of likely N-dealkylation sites (N-methyl/N-ethyl adjacent to an activating group) is 1. The van der Waals surface area contributed by atoms with Gasteiger partial charge in [-0.1, -0.05) is 88.7 Å². The molecule has 0 saturated carbocycles. The molecular weight excluding hydrogens is 738 g/mol. The summed E-state index contributed by atoms with van der Waals surface area (Å²) in [5.74, 6) is -3.38. The number of aliphatic hydroxyl groups excluding tert-OH is 1. The summed E-state index contributed by atoms with van der Waals surface area (Å²) in [5, 5.41) is 11.6. The first-order chi connectivity index (χ1) is 25.6. The van der Waals surface area contributed by atoms with Crippen LogP contribution in [0.15, 0.2) is 98.1 Å². The lowest BCUT2D eigenvalue weighted by molar-refractivity contribution is -0.164. The number of ether oxygens (including phenoxy) is 2. The Kier molecular flexibility index (Phi) is 11.9. The molecular formula is C42H48BrN3O7. The van der Waals surface area contributed by atoms with Crippen LogP contribution in [-0.2, 0) is 28.7 Å². The standard InChI is InChI=1S/C42H48BrN3O7/c1-5-7-19-33(48)44(4)27(3)36(29-16-9-8-10-17-29)52-41(51)34-35-39(49)46(23-13-14-24-47)38(42(35)26-32(43)37(34)53-42)40(50)45(22-6-2)31-21-20-28-15-11-12-18-30(28)25-31/h5-6,8-12,15-18,20-21,25,27,32,34-38,47H,1-2,7,13-14,19,22-24,26H2,3-4H3/t27-,32?,34+,35-,36+,37+,38+,42-/m1/s1. The topological polar surface area (TPSA) is 117 Å². The number of allylic oxidation sites excluding steroid dienone is 1. The molecule has 8 atom stereocenters. The molecule has 1 N–H and O–H groups in total. The van der Waals surface area contributed by atoms with Crippen molar-refractivity contribution in [1.29, 1.82) is 0 Å². The van der Waals surface area contributed by atoms with Gasteiger partial charge >= 0.3 is 5.97 Å². The molecule has 6 rings (SSSR count). The Bertz CT molecular complexity index is 1850. The largest absolute Gasteiger partial charge is 0.455 e. The van der Waals surface area contributed by atoms with Gasteiger partial charge < -0.3 is 29.3 Å². The zero-order valence-corrected chi connectivity index (χ0v) is 31.9. The van der Waals surface area contributed by atoms with Gasteiger partial charge in [0.1, 0.15) is 17.7 Å². The van der Waals surface area contributed by atoms with Gasteiger partial charge in [0.05, 0.1) is 24.0 Å². The number of hydrogen-bond acceptors (Lipinski definition) is 7. The van der Waals surface area contributed by atoms with E-state index in [0.29, 0.717) is 36.9 Å². The van der Waals surface area contributed by atoms with Gasteiger partial charge in [0.15, 0.2) is 0 Å². The number of unbranched alkanes of at least 4 members (excludes halogenated alkanes) is 1. The third-order valence-corrected chi connectivity index (χ3v) is 11.9. The van der Waals surface area contributed by atoms with Gasteiger partial charge in [-0.05, 0) is 61.1 Å². The lowest BCUT2D eigenvalue weighted by atomic mass is 9.70. The van der Waals surface area contributed by atoms with Gasteiger partial charge in [-0.2, -0.15) is 0 Å². The summed E-state index contributed by atoms with van der Waals surface area (Å²) in [4.78, 5) is 61.8. The zero-order valence-electron chi connectivity index (χ0n) is 30.3. The van der Waals surface area contributed by atoms with E-state index in [4.69, 9.17) is 9.47 Å². The molecule has 280 valence electrons. The first kappa shape index (κ1) is 38.4. The number of rotatable bonds is 16. The Morgan fingerprint density at radius 1 is 1.06 bits per heavy atom. The van der Waals surface area contributed by atoms with E-state index in [-0.39, 0.29) is 48.7 Å². The molecule has 0 aromatic heterocycles. The second-order valence-corrected chi connectivity index (χ2v) is 15.4. The summed E-state index contributed by atoms with van der Waals surface area (Å²) in [6.45, 7) is 9.82. The Morgan fingerprint density at radius 3 is 2.47 bits per heavy atom. The van der Waals surface area contributed by atoms with E-state index in [0.717, 1.165) is 10.8 Å². The summed E-state index contributed by atoms with van der Waals surface area (Å²) >= 11 is 3.76. The molecule has 3 aliphatic rings. The number of benzene rings is 3. The number of anilines is 1. The third-order valence-electron chi connectivity index (χ3n) is 11.1. The average Bonchev–Trinajstić information content (AvgIpc) is 3.77. The Balaban J connectivity index is 1.36. The predicted molar refractivity (Wildman–Crippen MR) is 207 cm³/mol. The van der Waals surface area contributed by atoms with Crippen LogP contribution in [-0.4, -0.2) is 94.0 Å². The lowest BCUT2D eigenvalue weighted by Crippen LogP contribution is -2.57. The number of amides is 3. The van der Waals surface area contributed by atoms with E-state index in [1.807, 2.05) is 79.7 Å². The van der Waals surface area contributed by atoms with Crippen molar-refractivity contribution in [2.24, 2.45) is 11.8 Å². The van der Waals surface area contributed by atoms with E-state index in [9.17, 15) is 19.5 Å². The maximum absolute atomic E-state index is 15.0. The molecule has 1 unspecified atom stereocenters. The fourth-order valence-corrected chi connectivity index (χ4v) is 9.32. The molecule has 3 aliphatic heterocycles. The summed E-state index contributed by atoms with van der Waals surface area (Å²) < 4.78 is 13.1. The molecule has 0 aliphatic carbocycles. The maximum Gasteiger partial charge on any atom is 0.313 e. The number of carbonyl (C=O) groups excluding carboxylic acids is 4. The van der Waals surface area contributed by atoms with Crippen molar-refractivity contribution in [3.8, 4) is 0 Å². The summed E-state index contributed by atoms with van der Waals surface area (Å²) in [5.41, 5.74) is 0.0524. The smallest absolute Gasteiger partial charge is 0.313 e. The van der Waals surface area contributed by atoms with Crippen molar-refractivity contribution < 1.29 is 33.8 Å². The number of aliphatic hydroxyl groups is 1. The normalized spacial score (nSPS) is 25.5. The van der Waals surface area contributed by atoms with Crippen LogP contribution in [0.1, 0.15) is 50.7 Å². The molecule has 3 saturated heterocycles. The monoisotopic (exact) mass is 785 g/mol. The minimum absolute atomic E-state index is 0.0600. The summed E-state index contributed by atoms with van der Waals surface area (Å²) in [6, 6.07) is 21.4. The van der Waals surface area contributed by atoms with Gasteiger partial charge in [-0.3, -0.25) is 19.2 Å². The van der Waals surface area contributed by atoms with Crippen LogP contribution in [0.3, 0.4) is 0 Å². The van der Waals surface area contributed by atoms with Gasteiger partial charge in [-0.15, -0.1) is 13.2 Å². The number of halogens is 1. The minimum Gasteiger partial charge on any atom is -0.455 e. The third kappa shape index (κ3) is 7.18. The maximum atomic E-state index is 15.0. The van der Waals surface area contributed by atoms with Crippen LogP contribution in [0.25, 0.3) is 10.8 Å². The quantitative estimate of drug-likeness (QED) is 0.0823. The second-order valence-electron chi connectivity index (χ2n) is 14.2. The van der Waals surface area contributed by atoms with Crippen molar-refractivity contribution in [2.45, 2.75) is 73.7 Å². The molecule has 2 bridgehead atoms. The highest BCUT2D eigenvalue weighted by molar-refractivity contribution is 9.09. The highest BCUT2D eigenvalue weighted by atomic mass is 79.9. The van der Waals surface area contributed by atoms with Crippen LogP contribution in [0.4, 0.5) is 5.69 Å². The Hall–Kier alpha value is -4.32. The summed E-state index contributed by atoms with van der Waals surface area (Å²) in [7, 11) is 1.69. The molecule has 1 spiro atoms. The first-order valence-electron chi connectivity index (χ1n) is 18.3. The van der Waals surface area contributed by atoms with E-state index >= 15 is 4.79 Å². The van der Waals surface area contributed by atoms with Crippen LogP contribution in [0, 0.1) is 11.8 Å². The molecule has 3 aromatic rings. The van der Waals surface area contributed by atoms with Crippen LogP contribution in [0.2, 0.25) is 0 Å². The Morgan fingerprint density at radius 2 is 1.77 bits per heavy atom. The fourth-order valence-electron chi connectivity index (χ4n) is 8.38. The van der Waals surface area contributed by atoms with Crippen LogP contribution >= 0.6 is 15.9 Å². The van der Waals surface area contributed by atoms with Crippen LogP contribution in [0.5, 0.6) is 0 Å². The number of carbonyl (C=O) groups is 4. The molecule has 3 fully saturated rings. The molecule has 3 aromatic carbocycles. The second kappa shape index (κ2) is 16.4. The number of hydrogen-bond donors (Lipinski definition) is 1. The number of fused-ring (bicyclic) bond motifs is 2. The van der Waals surface area contributed by atoms with Crippen molar-refractivity contribution in [1.82, 2.24) is 9.80 Å². The van der Waals surface area contributed by atoms with E-state index in [2.05, 4.69) is 29.1 Å². The highest BCUT2D eigenvalue weighted by Crippen LogP contribution is 2.60. The van der Waals surface area contributed by atoms with Gasteiger partial charge in [0.2, 0.25) is 11.8 Å². The highest BCUT2D eigenvalue weighted by Gasteiger charge is 2.77. The first-order valence-corrected chi connectivity index (χ1v) is 19.3. The summed E-state index contributed by atoms with van der Waals surface area (Å²) in [6.07, 6.45) is 3.81. The molecule has 3 amide bonds. The van der Waals surface area contributed by atoms with Gasteiger partial charge in [0, 0.05) is 43.7 Å². The SMILES string of the molecule is C=CCCC(=O)N(C)[C@H](C)[C@H](OC(=O)[C@@H]1[C@H]2O[C@@]3(CC2Br)[C@H](C(=O)N(CC=C)c2ccc4ccccc4c2)N(CCCCO)C(=O)[C@@H]13)c1ccccc1. The number of alkyl halides is 1. The van der Waals surface area contributed by atoms with E-state index < -0.39 is 47.7 Å². The van der Waals surface area contributed by atoms with E-state index in [1.165, 1.54) is 0 Å². The lowest BCUT2D eigenvalue weighted by Gasteiger charge is -2.37. The van der Waals surface area contributed by atoms with Gasteiger partial charge in [-0.25, -0.2) is 0 Å². The number of likely N-dealkylation sites (tertiary alicyclic amines) is 1. The van der Waals surface area contributed by atoms with Crippen molar-refractivity contribution in [2.75, 3.05) is 31.6 Å². The Labute approximate surface area is 319 Å². The van der Waals surface area contributed by atoms with Crippen LogP contribution < -0.4 is 4.90 Å². The van der Waals surface area contributed by atoms with Crippen molar-refractivity contribution in [3.63, 3.8) is 0 Å². The molecule has 3 heterocycles. The number of nitrogens with zero attached hydrogens (tertiary/aromatic N) is 3. The molecule has 0 radical (unpaired) electrons. The molecule has 10 nitrogen and oxygen atoms in total. The zero-order chi connectivity index (χ0) is 37.9. The average molecular weight is 787 g/mol. The number of esters is 1. The predicted octanol–water partition coefficient (Wildman–Crippen LogP) is 5.98. The molecule has 53 heavy (non-hydrogen) atoms. The van der Waals surface area contributed by atoms with E-state index in [1.54, 1.807) is 33.9 Å². The van der Waals surface area contributed by atoms with Crippen molar-refractivity contribution >= 4 is 56.1 Å². The van der Waals surface area contributed by atoms with Crippen molar-refractivity contribution in [3.05, 3.63) is 104 Å².